The van der Waals surface area contributed by atoms with Crippen molar-refractivity contribution in [2.45, 2.75) is 96.3 Å². The van der Waals surface area contributed by atoms with E-state index in [0.717, 1.165) is 0 Å². The summed E-state index contributed by atoms with van der Waals surface area (Å²) in [6, 6.07) is 0. The maximum absolute atomic E-state index is 13.2. The Labute approximate surface area is 215 Å². The van der Waals surface area contributed by atoms with Gasteiger partial charge in [-0.15, -0.1) is 10.2 Å². The van der Waals surface area contributed by atoms with Crippen LogP contribution in [0.2, 0.25) is 0 Å². The summed E-state index contributed by atoms with van der Waals surface area (Å²) in [5.74, 6) is -3.38. The summed E-state index contributed by atoms with van der Waals surface area (Å²) in [4.78, 5) is 36.3. The molecule has 0 aliphatic heterocycles. The van der Waals surface area contributed by atoms with E-state index in [1.807, 2.05) is 0 Å². The van der Waals surface area contributed by atoms with E-state index < -0.39 is 61.4 Å². The van der Waals surface area contributed by atoms with Crippen molar-refractivity contribution in [1.29, 1.82) is 0 Å². The lowest BCUT2D eigenvalue weighted by Gasteiger charge is -2.39. The van der Waals surface area contributed by atoms with Gasteiger partial charge in [0.15, 0.2) is 0 Å². The molecular formula is C22H36N4O8S2. The fraction of sp³-hybridized carbons (Fsp3) is 0.727. The molecule has 0 bridgehead atoms. The van der Waals surface area contributed by atoms with Crippen molar-refractivity contribution in [3.63, 3.8) is 0 Å². The fourth-order valence-electron chi connectivity index (χ4n) is 3.32. The number of amides is 1. The highest BCUT2D eigenvalue weighted by Gasteiger charge is 2.44. The Morgan fingerprint density at radius 2 is 1.67 bits per heavy atom. The maximum Gasteiger partial charge on any atom is 0.335 e. The highest BCUT2D eigenvalue weighted by molar-refractivity contribution is 7.92. The van der Waals surface area contributed by atoms with Crippen molar-refractivity contribution in [2.24, 2.45) is 16.2 Å². The number of nitrogens with zero attached hydrogens (tertiary/aromatic N) is 3. The van der Waals surface area contributed by atoms with Gasteiger partial charge in [0.2, 0.25) is 11.0 Å². The molecule has 14 heteroatoms. The first kappa shape index (κ1) is 31.6. The van der Waals surface area contributed by atoms with Crippen LogP contribution in [-0.2, 0) is 33.9 Å². The number of ether oxygens (including phenoxy) is 2. The highest BCUT2D eigenvalue weighted by Crippen LogP contribution is 2.34. The van der Waals surface area contributed by atoms with E-state index in [2.05, 4.69) is 19.9 Å². The second-order valence-corrected chi connectivity index (χ2v) is 11.5. The smallest absolute Gasteiger partial charge is 0.335 e. The number of aromatic nitrogens is 2. The average Bonchev–Trinajstić information content (AvgIpc) is 3.29. The number of esters is 2. The minimum Gasteiger partial charge on any atom is -0.458 e. The Morgan fingerprint density at radius 3 is 2.14 bits per heavy atom. The van der Waals surface area contributed by atoms with Crippen LogP contribution in [0.5, 0.6) is 0 Å². The molecule has 0 saturated heterocycles. The summed E-state index contributed by atoms with van der Waals surface area (Å²) in [7, 11) is -4.20. The number of sulfonamides is 1. The number of carbonyl (C=O) groups is 3. The van der Waals surface area contributed by atoms with Gasteiger partial charge in [0.05, 0.1) is 5.92 Å². The Bertz CT molecular complexity index is 1070. The number of hydrogen-bond acceptors (Lipinski definition) is 11. The first-order valence-electron chi connectivity index (χ1n) is 11.6. The zero-order valence-corrected chi connectivity index (χ0v) is 23.5. The van der Waals surface area contributed by atoms with Crippen LogP contribution in [0.4, 0.5) is 5.13 Å². The molecule has 0 aliphatic carbocycles. The van der Waals surface area contributed by atoms with Crippen molar-refractivity contribution in [3.8, 4) is 0 Å². The van der Waals surface area contributed by atoms with Crippen LogP contribution in [0.15, 0.2) is 8.74 Å². The first-order valence-corrected chi connectivity index (χ1v) is 13.9. The average molecular weight is 549 g/mol. The number of rotatable bonds is 13. The summed E-state index contributed by atoms with van der Waals surface area (Å²) in [5, 5.41) is 19.1. The molecule has 0 radical (unpaired) electrons. The number of hydrogen-bond donors (Lipinski definition) is 2. The third-order valence-electron chi connectivity index (χ3n) is 6.31. The molecule has 1 aromatic heterocycles. The van der Waals surface area contributed by atoms with E-state index in [1.54, 1.807) is 41.5 Å². The molecule has 1 rings (SSSR count). The molecular weight excluding hydrogens is 512 g/mol. The van der Waals surface area contributed by atoms with Gasteiger partial charge >= 0.3 is 22.0 Å². The lowest BCUT2D eigenvalue weighted by molar-refractivity contribution is -0.188. The standard InChI is InChI=1S/C22H36N4O8S2/c1-9-21(8,33-18(30)15(6)27)14(5)17(29)34-22(10-2,11-3)13(4)12-23-36(31,32)20-26-25-19(35-20)24-16(7)28/h12-15,27H,9-11H2,1-8H3,(H,24,25,28). The van der Waals surface area contributed by atoms with Gasteiger partial charge in [-0.05, 0) is 40.0 Å². The van der Waals surface area contributed by atoms with Crippen molar-refractivity contribution in [2.75, 3.05) is 5.32 Å². The number of aliphatic hydroxyl groups is 1. The molecule has 4 unspecified atom stereocenters. The lowest BCUT2D eigenvalue weighted by Crippen LogP contribution is -2.48. The van der Waals surface area contributed by atoms with Crippen molar-refractivity contribution < 1.29 is 37.4 Å². The summed E-state index contributed by atoms with van der Waals surface area (Å²) in [6.07, 6.45) is 0.857. The van der Waals surface area contributed by atoms with Crippen LogP contribution in [0.1, 0.15) is 74.7 Å². The Hall–Kier alpha value is -2.45. The van der Waals surface area contributed by atoms with Crippen LogP contribution in [0, 0.1) is 11.8 Å². The van der Waals surface area contributed by atoms with Crippen LogP contribution >= 0.6 is 11.3 Å². The summed E-state index contributed by atoms with van der Waals surface area (Å²) >= 11 is 0.665. The summed E-state index contributed by atoms with van der Waals surface area (Å²) in [5.41, 5.74) is -2.31. The molecule has 0 aliphatic rings. The number of nitrogens with one attached hydrogen (secondary N) is 1. The van der Waals surface area contributed by atoms with Gasteiger partial charge in [0.1, 0.15) is 17.3 Å². The van der Waals surface area contributed by atoms with Gasteiger partial charge in [-0.1, -0.05) is 39.0 Å². The maximum atomic E-state index is 13.2. The van der Waals surface area contributed by atoms with Crippen LogP contribution < -0.4 is 5.32 Å². The normalized spacial score (nSPS) is 16.6. The summed E-state index contributed by atoms with van der Waals surface area (Å²) in [6.45, 7) is 12.7. The van der Waals surface area contributed by atoms with E-state index in [1.165, 1.54) is 20.1 Å². The van der Waals surface area contributed by atoms with Gasteiger partial charge in [-0.3, -0.25) is 9.59 Å². The molecule has 0 spiro atoms. The number of carbonyl (C=O) groups excluding carboxylic acids is 3. The Balaban J connectivity index is 3.13. The zero-order valence-electron chi connectivity index (χ0n) is 21.9. The van der Waals surface area contributed by atoms with Gasteiger partial charge in [-0.25, -0.2) is 4.79 Å². The minimum absolute atomic E-state index is 0.0268. The zero-order chi connectivity index (χ0) is 27.9. The van der Waals surface area contributed by atoms with E-state index >= 15 is 0 Å². The molecule has 1 heterocycles. The molecule has 2 N–H and O–H groups in total. The predicted octanol–water partition coefficient (Wildman–Crippen LogP) is 2.72. The van der Waals surface area contributed by atoms with Crippen molar-refractivity contribution in [3.05, 3.63) is 0 Å². The third kappa shape index (κ3) is 7.77. The van der Waals surface area contributed by atoms with E-state index in [0.29, 0.717) is 30.6 Å². The molecule has 36 heavy (non-hydrogen) atoms. The Morgan fingerprint density at radius 1 is 1.08 bits per heavy atom. The summed E-state index contributed by atoms with van der Waals surface area (Å²) < 4.78 is 39.9. The molecule has 0 saturated carbocycles. The molecule has 204 valence electrons. The fourth-order valence-corrected chi connectivity index (χ4v) is 5.21. The largest absolute Gasteiger partial charge is 0.458 e. The second-order valence-electron chi connectivity index (χ2n) is 8.75. The minimum atomic E-state index is -4.20. The second kappa shape index (κ2) is 12.7. The third-order valence-corrected chi connectivity index (χ3v) is 8.75. The molecule has 12 nitrogen and oxygen atoms in total. The lowest BCUT2D eigenvalue weighted by atomic mass is 9.83. The van der Waals surface area contributed by atoms with Gasteiger partial charge in [-0.2, -0.15) is 12.8 Å². The van der Waals surface area contributed by atoms with Gasteiger partial charge in [0, 0.05) is 19.1 Å². The topological polar surface area (TPSA) is 174 Å². The van der Waals surface area contributed by atoms with Gasteiger partial charge in [0.25, 0.3) is 4.34 Å². The Kier molecular flexibility index (Phi) is 11.1. The van der Waals surface area contributed by atoms with Crippen LogP contribution in [0.3, 0.4) is 0 Å². The quantitative estimate of drug-likeness (QED) is 0.212. The van der Waals surface area contributed by atoms with E-state index in [9.17, 15) is 27.9 Å². The molecule has 1 aromatic rings. The van der Waals surface area contributed by atoms with Gasteiger partial charge < -0.3 is 19.9 Å². The van der Waals surface area contributed by atoms with Crippen molar-refractivity contribution in [1.82, 2.24) is 10.2 Å². The number of aliphatic hydroxyl groups excluding tert-OH is 1. The predicted molar refractivity (Wildman–Crippen MR) is 134 cm³/mol. The van der Waals surface area contributed by atoms with Crippen LogP contribution in [0.25, 0.3) is 0 Å². The highest BCUT2D eigenvalue weighted by atomic mass is 32.2. The molecule has 0 aromatic carbocycles. The van der Waals surface area contributed by atoms with Crippen molar-refractivity contribution >= 4 is 50.6 Å². The SMILES string of the molecule is CCC(C)(OC(=O)C(C)O)C(C)C(=O)OC(CC)(CC)C(C)C=NS(=O)(=O)c1nnc(NC(C)=O)s1. The van der Waals surface area contributed by atoms with E-state index in [4.69, 9.17) is 9.47 Å². The molecule has 1 amide bonds. The van der Waals surface area contributed by atoms with E-state index in [-0.39, 0.29) is 5.13 Å². The monoisotopic (exact) mass is 548 g/mol. The molecule has 4 atom stereocenters. The number of anilines is 1. The first-order chi connectivity index (χ1) is 16.6. The molecule has 0 fully saturated rings. The van der Waals surface area contributed by atoms with Crippen LogP contribution in [-0.4, -0.2) is 65.1 Å².